The molecule has 3 rings (SSSR count). The predicted octanol–water partition coefficient (Wildman–Crippen LogP) is 2.54. The maximum atomic E-state index is 4.56. The number of rotatable bonds is 4. The van der Waals surface area contributed by atoms with E-state index in [0.29, 0.717) is 0 Å². The summed E-state index contributed by atoms with van der Waals surface area (Å²) >= 11 is 1.63. The molecule has 0 spiro atoms. The zero-order valence-electron chi connectivity index (χ0n) is 10.7. The molecule has 0 saturated heterocycles. The van der Waals surface area contributed by atoms with Gasteiger partial charge >= 0.3 is 0 Å². The highest BCUT2D eigenvalue weighted by molar-refractivity contribution is 7.16. The maximum Gasteiger partial charge on any atom is 0.146 e. The molecule has 7 heteroatoms. The van der Waals surface area contributed by atoms with Gasteiger partial charge in [0.2, 0.25) is 0 Å². The molecule has 19 heavy (non-hydrogen) atoms. The van der Waals surface area contributed by atoms with Crippen LogP contribution in [-0.4, -0.2) is 25.1 Å². The summed E-state index contributed by atoms with van der Waals surface area (Å²) in [5.74, 6) is 2.49. The van der Waals surface area contributed by atoms with Crippen molar-refractivity contribution >= 4 is 27.4 Å². The van der Waals surface area contributed by atoms with E-state index in [0.717, 1.165) is 34.1 Å². The molecule has 6 nitrogen and oxygen atoms in total. The van der Waals surface area contributed by atoms with Crippen LogP contribution in [0.4, 0.5) is 5.82 Å². The average Bonchev–Trinajstić information content (AvgIpc) is 3.09. The fourth-order valence-corrected chi connectivity index (χ4v) is 2.65. The normalized spacial score (nSPS) is 12.7. The quantitative estimate of drug-likeness (QED) is 0.764. The van der Waals surface area contributed by atoms with Gasteiger partial charge in [0.1, 0.15) is 28.6 Å². The van der Waals surface area contributed by atoms with E-state index in [2.05, 4.69) is 37.4 Å². The number of nitrogens with zero attached hydrogens (tertiary/aromatic N) is 4. The number of aromatic nitrogens is 5. The molecule has 0 amide bonds. The molecule has 3 aromatic rings. The van der Waals surface area contributed by atoms with Crippen molar-refractivity contribution in [3.8, 4) is 0 Å². The monoisotopic (exact) mass is 274 g/mol. The van der Waals surface area contributed by atoms with Crippen LogP contribution in [0, 0.1) is 0 Å². The first-order valence-electron chi connectivity index (χ1n) is 6.14. The number of aromatic amines is 1. The van der Waals surface area contributed by atoms with E-state index in [4.69, 9.17) is 0 Å². The zero-order valence-corrected chi connectivity index (χ0v) is 11.5. The molecule has 3 heterocycles. The van der Waals surface area contributed by atoms with Crippen LogP contribution in [0.15, 0.2) is 17.8 Å². The molecule has 1 unspecified atom stereocenters. The number of aryl methyl sites for hydroxylation is 1. The molecule has 0 aliphatic carbocycles. The Kier molecular flexibility index (Phi) is 3.12. The third-order valence-electron chi connectivity index (χ3n) is 2.88. The number of hydrogen-bond acceptors (Lipinski definition) is 6. The SMILES string of the molecule is CCc1nc(NC(C)c2ncn[nH]2)c2ccsc2n1. The van der Waals surface area contributed by atoms with E-state index in [9.17, 15) is 0 Å². The van der Waals surface area contributed by atoms with Crippen molar-refractivity contribution in [1.29, 1.82) is 0 Å². The molecule has 1 atom stereocenters. The lowest BCUT2D eigenvalue weighted by Crippen LogP contribution is -2.11. The largest absolute Gasteiger partial charge is 0.360 e. The second-order valence-corrected chi connectivity index (χ2v) is 5.11. The summed E-state index contributed by atoms with van der Waals surface area (Å²) in [4.78, 5) is 14.2. The molecule has 98 valence electrons. The van der Waals surface area contributed by atoms with Gasteiger partial charge in [-0.2, -0.15) is 5.10 Å². The Bertz CT molecular complexity index is 675. The number of fused-ring (bicyclic) bond motifs is 1. The van der Waals surface area contributed by atoms with Gasteiger partial charge < -0.3 is 5.32 Å². The molecule has 2 N–H and O–H groups in total. The minimum Gasteiger partial charge on any atom is -0.360 e. The van der Waals surface area contributed by atoms with E-state index in [1.165, 1.54) is 6.33 Å². The first kappa shape index (κ1) is 12.0. The number of hydrogen-bond donors (Lipinski definition) is 2. The summed E-state index contributed by atoms with van der Waals surface area (Å²) in [6.45, 7) is 4.07. The highest BCUT2D eigenvalue weighted by Gasteiger charge is 2.13. The van der Waals surface area contributed by atoms with E-state index in [1.807, 2.05) is 18.4 Å². The van der Waals surface area contributed by atoms with Gasteiger partial charge in [-0.1, -0.05) is 6.92 Å². The number of nitrogens with one attached hydrogen (secondary N) is 2. The number of H-pyrrole nitrogens is 1. The summed E-state index contributed by atoms with van der Waals surface area (Å²) in [5, 5.41) is 13.2. The molecule has 0 fully saturated rings. The van der Waals surface area contributed by atoms with Gasteiger partial charge in [-0.15, -0.1) is 11.3 Å². The lowest BCUT2D eigenvalue weighted by Gasteiger charge is -2.13. The van der Waals surface area contributed by atoms with Gasteiger partial charge in [-0.3, -0.25) is 5.10 Å². The lowest BCUT2D eigenvalue weighted by atomic mass is 10.3. The molecule has 3 aromatic heterocycles. The Labute approximate surface area is 114 Å². The van der Waals surface area contributed by atoms with Crippen LogP contribution < -0.4 is 5.32 Å². The summed E-state index contributed by atoms with van der Waals surface area (Å²) in [7, 11) is 0. The van der Waals surface area contributed by atoms with E-state index >= 15 is 0 Å². The molecule has 0 radical (unpaired) electrons. The Morgan fingerprint density at radius 1 is 1.42 bits per heavy atom. The Balaban J connectivity index is 1.97. The summed E-state index contributed by atoms with van der Waals surface area (Å²) in [5.41, 5.74) is 0. The van der Waals surface area contributed by atoms with Crippen LogP contribution in [-0.2, 0) is 6.42 Å². The van der Waals surface area contributed by atoms with Crippen LogP contribution in [0.5, 0.6) is 0 Å². The van der Waals surface area contributed by atoms with Gasteiger partial charge in [0.25, 0.3) is 0 Å². The average molecular weight is 274 g/mol. The van der Waals surface area contributed by atoms with Crippen LogP contribution >= 0.6 is 11.3 Å². The van der Waals surface area contributed by atoms with Gasteiger partial charge in [0.15, 0.2) is 0 Å². The third kappa shape index (κ3) is 2.28. The minimum atomic E-state index is 0.0187. The van der Waals surface area contributed by atoms with E-state index in [-0.39, 0.29) is 6.04 Å². The van der Waals surface area contributed by atoms with Crippen LogP contribution in [0.3, 0.4) is 0 Å². The van der Waals surface area contributed by atoms with Crippen molar-refractivity contribution in [2.24, 2.45) is 0 Å². The van der Waals surface area contributed by atoms with Crippen molar-refractivity contribution in [3.63, 3.8) is 0 Å². The molecule has 0 aromatic carbocycles. The first-order valence-corrected chi connectivity index (χ1v) is 7.01. The van der Waals surface area contributed by atoms with E-state index in [1.54, 1.807) is 11.3 Å². The standard InChI is InChI=1S/C12H14N6S/c1-3-9-16-11(8-4-5-19-12(8)17-9)15-7(2)10-13-6-14-18-10/h4-7H,3H2,1-2H3,(H,13,14,18)(H,15,16,17). The predicted molar refractivity (Wildman–Crippen MR) is 75.2 cm³/mol. The molecule has 0 aliphatic rings. The Hall–Kier alpha value is -2.02. The maximum absolute atomic E-state index is 4.56. The fraction of sp³-hybridized carbons (Fsp3) is 0.333. The summed E-state index contributed by atoms with van der Waals surface area (Å²) < 4.78 is 0. The topological polar surface area (TPSA) is 79.4 Å². The van der Waals surface area contributed by atoms with Gasteiger partial charge in [0, 0.05) is 6.42 Å². The van der Waals surface area contributed by atoms with Crippen molar-refractivity contribution in [1.82, 2.24) is 25.1 Å². The smallest absolute Gasteiger partial charge is 0.146 e. The second-order valence-electron chi connectivity index (χ2n) is 4.22. The summed E-state index contributed by atoms with van der Waals surface area (Å²) in [6, 6.07) is 2.06. The Morgan fingerprint density at radius 3 is 3.05 bits per heavy atom. The molecular formula is C12H14N6S. The molecule has 0 saturated carbocycles. The zero-order chi connectivity index (χ0) is 13.2. The highest BCUT2D eigenvalue weighted by Crippen LogP contribution is 2.27. The van der Waals surface area contributed by atoms with Crippen LogP contribution in [0.2, 0.25) is 0 Å². The van der Waals surface area contributed by atoms with Gasteiger partial charge in [0.05, 0.1) is 11.4 Å². The van der Waals surface area contributed by atoms with Crippen LogP contribution in [0.1, 0.15) is 31.5 Å². The van der Waals surface area contributed by atoms with Crippen molar-refractivity contribution in [3.05, 3.63) is 29.4 Å². The third-order valence-corrected chi connectivity index (χ3v) is 3.69. The summed E-state index contributed by atoms with van der Waals surface area (Å²) in [6.07, 6.45) is 2.32. The number of thiophene rings is 1. The minimum absolute atomic E-state index is 0.0187. The second kappa shape index (κ2) is 4.93. The van der Waals surface area contributed by atoms with Crippen LogP contribution in [0.25, 0.3) is 10.2 Å². The molecule has 0 aliphatic heterocycles. The highest BCUT2D eigenvalue weighted by atomic mass is 32.1. The Morgan fingerprint density at radius 2 is 2.32 bits per heavy atom. The number of anilines is 1. The van der Waals surface area contributed by atoms with Gasteiger partial charge in [-0.05, 0) is 18.4 Å². The molecule has 0 bridgehead atoms. The van der Waals surface area contributed by atoms with Crippen molar-refractivity contribution in [2.45, 2.75) is 26.3 Å². The molecular weight excluding hydrogens is 260 g/mol. The van der Waals surface area contributed by atoms with Crippen molar-refractivity contribution in [2.75, 3.05) is 5.32 Å². The van der Waals surface area contributed by atoms with Gasteiger partial charge in [-0.25, -0.2) is 15.0 Å². The fourth-order valence-electron chi connectivity index (χ4n) is 1.86. The van der Waals surface area contributed by atoms with Crippen molar-refractivity contribution < 1.29 is 0 Å². The first-order chi connectivity index (χ1) is 9.28. The van der Waals surface area contributed by atoms with E-state index < -0.39 is 0 Å². The lowest BCUT2D eigenvalue weighted by molar-refractivity contribution is 0.788.